The molecule has 2 aromatic rings. The highest BCUT2D eigenvalue weighted by atomic mass is 32.2. The van der Waals surface area contributed by atoms with Gasteiger partial charge in [0.1, 0.15) is 15.8 Å². The van der Waals surface area contributed by atoms with Gasteiger partial charge in [0.15, 0.2) is 0 Å². The zero-order valence-electron chi connectivity index (χ0n) is 16.0. The molecule has 0 aliphatic carbocycles. The van der Waals surface area contributed by atoms with Crippen LogP contribution in [0.15, 0.2) is 28.0 Å². The highest BCUT2D eigenvalue weighted by Gasteiger charge is 2.32. The Morgan fingerprint density at radius 2 is 2.14 bits per heavy atom. The molecule has 1 saturated heterocycles. The fraction of sp³-hybridized carbons (Fsp3) is 0.368. The van der Waals surface area contributed by atoms with E-state index in [1.54, 1.807) is 30.3 Å². The predicted molar refractivity (Wildman–Crippen MR) is 117 cm³/mol. The average molecular weight is 419 g/mol. The molecule has 1 aliphatic heterocycles. The number of thioether (sulfide) groups is 1. The number of thiocarbonyl (C=S) groups is 1. The summed E-state index contributed by atoms with van der Waals surface area (Å²) in [4.78, 5) is 32.4. The Labute approximate surface area is 172 Å². The number of carbonyl (C=O) groups excluding carboxylic acids is 1. The molecule has 1 aliphatic rings. The number of aromatic nitrogens is 2. The lowest BCUT2D eigenvalue weighted by atomic mass is 10.2. The molecule has 0 bridgehead atoms. The molecule has 0 aromatic carbocycles. The molecule has 0 radical (unpaired) electrons. The van der Waals surface area contributed by atoms with E-state index in [2.05, 4.69) is 10.3 Å². The van der Waals surface area contributed by atoms with E-state index < -0.39 is 0 Å². The maximum absolute atomic E-state index is 13.1. The van der Waals surface area contributed by atoms with Gasteiger partial charge in [-0.25, -0.2) is 4.98 Å². The Kier molecular flexibility index (Phi) is 6.48. The number of carbonyl (C=O) groups is 1. The molecule has 0 spiro atoms. The van der Waals surface area contributed by atoms with Crippen molar-refractivity contribution in [1.29, 1.82) is 0 Å². The number of amides is 1. The van der Waals surface area contributed by atoms with Crippen molar-refractivity contribution in [3.63, 3.8) is 0 Å². The van der Waals surface area contributed by atoms with Gasteiger partial charge in [0.25, 0.3) is 11.5 Å². The van der Waals surface area contributed by atoms with Gasteiger partial charge in [-0.3, -0.25) is 18.9 Å². The third kappa shape index (κ3) is 4.11. The molecular formula is C19H22N4O3S2. The monoisotopic (exact) mass is 418 g/mol. The van der Waals surface area contributed by atoms with E-state index >= 15 is 0 Å². The number of nitrogens with one attached hydrogen (secondary N) is 1. The number of methoxy groups -OCH3 is 1. The molecule has 0 unspecified atom stereocenters. The van der Waals surface area contributed by atoms with Gasteiger partial charge >= 0.3 is 0 Å². The number of nitrogens with zero attached hydrogens (tertiary/aromatic N) is 3. The topological polar surface area (TPSA) is 75.9 Å². The van der Waals surface area contributed by atoms with Crippen LogP contribution in [0.1, 0.15) is 24.5 Å². The minimum absolute atomic E-state index is 0.192. The molecule has 2 aromatic heterocycles. The second kappa shape index (κ2) is 8.85. The van der Waals surface area contributed by atoms with Crippen molar-refractivity contribution in [2.24, 2.45) is 0 Å². The lowest BCUT2D eigenvalue weighted by Gasteiger charge is -2.13. The zero-order chi connectivity index (χ0) is 20.3. The van der Waals surface area contributed by atoms with Crippen LogP contribution in [0.25, 0.3) is 11.7 Å². The number of fused-ring (bicyclic) bond motifs is 1. The summed E-state index contributed by atoms with van der Waals surface area (Å²) in [7, 11) is 1.62. The van der Waals surface area contributed by atoms with Crippen molar-refractivity contribution in [2.45, 2.75) is 20.3 Å². The Morgan fingerprint density at radius 1 is 1.36 bits per heavy atom. The standard InChI is InChI=1S/C19H22N4O3S2/c1-4-20-16-13(17(24)23-11-12(2)6-7-15(23)21-16)10-14-18(25)22(19(27)28-14)8-5-9-26-3/h6-7,10-11,20H,4-5,8-9H2,1-3H3. The van der Waals surface area contributed by atoms with Crippen LogP contribution >= 0.6 is 24.0 Å². The fourth-order valence-electron chi connectivity index (χ4n) is 2.88. The Bertz CT molecular complexity index is 1020. The summed E-state index contributed by atoms with van der Waals surface area (Å²) in [5, 5.41) is 3.12. The molecule has 3 heterocycles. The maximum atomic E-state index is 13.1. The first-order valence-electron chi connectivity index (χ1n) is 8.97. The summed E-state index contributed by atoms with van der Waals surface area (Å²) >= 11 is 6.55. The van der Waals surface area contributed by atoms with E-state index in [-0.39, 0.29) is 11.5 Å². The van der Waals surface area contributed by atoms with Crippen molar-refractivity contribution in [1.82, 2.24) is 14.3 Å². The van der Waals surface area contributed by atoms with Gasteiger partial charge in [-0.2, -0.15) is 0 Å². The highest BCUT2D eigenvalue weighted by Crippen LogP contribution is 2.33. The van der Waals surface area contributed by atoms with Gasteiger partial charge < -0.3 is 10.1 Å². The molecule has 3 rings (SSSR count). The summed E-state index contributed by atoms with van der Waals surface area (Å²) in [6, 6.07) is 3.71. The molecule has 0 atom stereocenters. The Balaban J connectivity index is 2.04. The van der Waals surface area contributed by atoms with Crippen molar-refractivity contribution in [2.75, 3.05) is 32.1 Å². The molecule has 28 heavy (non-hydrogen) atoms. The number of aryl methyl sites for hydroxylation is 1. The number of pyridine rings is 1. The molecule has 7 nitrogen and oxygen atoms in total. The van der Waals surface area contributed by atoms with Crippen molar-refractivity contribution in [3.05, 3.63) is 44.7 Å². The predicted octanol–water partition coefficient (Wildman–Crippen LogP) is 2.67. The van der Waals surface area contributed by atoms with Crippen molar-refractivity contribution in [3.8, 4) is 0 Å². The van der Waals surface area contributed by atoms with Crippen LogP contribution in [0.2, 0.25) is 0 Å². The molecule has 148 valence electrons. The summed E-state index contributed by atoms with van der Waals surface area (Å²) in [5.41, 5.74) is 1.62. The van der Waals surface area contributed by atoms with Gasteiger partial charge in [0.05, 0.1) is 10.5 Å². The minimum Gasteiger partial charge on any atom is -0.385 e. The fourth-order valence-corrected chi connectivity index (χ4v) is 4.17. The highest BCUT2D eigenvalue weighted by molar-refractivity contribution is 8.26. The Morgan fingerprint density at radius 3 is 2.86 bits per heavy atom. The van der Waals surface area contributed by atoms with Crippen LogP contribution in [0, 0.1) is 6.92 Å². The second-order valence-corrected chi connectivity index (χ2v) is 8.00. The van der Waals surface area contributed by atoms with Gasteiger partial charge in [-0.05, 0) is 38.0 Å². The summed E-state index contributed by atoms with van der Waals surface area (Å²) in [5.74, 6) is 0.267. The number of ether oxygens (including phenoxy) is 1. The van der Waals surface area contributed by atoms with Crippen molar-refractivity contribution >= 4 is 51.7 Å². The first-order chi connectivity index (χ1) is 13.5. The first-order valence-corrected chi connectivity index (χ1v) is 10.2. The van der Waals surface area contributed by atoms with E-state index in [4.69, 9.17) is 17.0 Å². The van der Waals surface area contributed by atoms with Crippen LogP contribution in [-0.4, -0.2) is 51.3 Å². The average Bonchev–Trinajstić information content (AvgIpc) is 2.93. The van der Waals surface area contributed by atoms with E-state index in [9.17, 15) is 9.59 Å². The van der Waals surface area contributed by atoms with Gasteiger partial charge in [0, 0.05) is 33.0 Å². The smallest absolute Gasteiger partial charge is 0.267 e. The number of rotatable bonds is 7. The normalized spacial score (nSPS) is 15.8. The maximum Gasteiger partial charge on any atom is 0.267 e. The molecule has 1 fully saturated rings. The van der Waals surface area contributed by atoms with E-state index in [0.717, 1.165) is 5.56 Å². The van der Waals surface area contributed by atoms with E-state index in [1.807, 2.05) is 19.9 Å². The lowest BCUT2D eigenvalue weighted by molar-refractivity contribution is -0.122. The molecule has 9 heteroatoms. The zero-order valence-corrected chi connectivity index (χ0v) is 17.7. The minimum atomic E-state index is -0.227. The molecule has 1 N–H and O–H groups in total. The molecule has 1 amide bonds. The third-order valence-electron chi connectivity index (χ3n) is 4.23. The van der Waals surface area contributed by atoms with Gasteiger partial charge in [0.2, 0.25) is 0 Å². The molecular weight excluding hydrogens is 396 g/mol. The summed E-state index contributed by atoms with van der Waals surface area (Å²) in [6.07, 6.45) is 4.03. The first kappa shape index (κ1) is 20.5. The third-order valence-corrected chi connectivity index (χ3v) is 5.61. The van der Waals surface area contributed by atoms with Gasteiger partial charge in [-0.15, -0.1) is 0 Å². The van der Waals surface area contributed by atoms with Crippen molar-refractivity contribution < 1.29 is 9.53 Å². The van der Waals surface area contributed by atoms with E-state index in [1.165, 1.54) is 16.2 Å². The van der Waals surface area contributed by atoms with Crippen LogP contribution in [-0.2, 0) is 9.53 Å². The summed E-state index contributed by atoms with van der Waals surface area (Å²) < 4.78 is 7.03. The van der Waals surface area contributed by atoms with Crippen LogP contribution in [0.3, 0.4) is 0 Å². The van der Waals surface area contributed by atoms with Crippen LogP contribution < -0.4 is 10.9 Å². The Hall–Kier alpha value is -2.23. The summed E-state index contributed by atoms with van der Waals surface area (Å²) in [6.45, 7) is 5.49. The van der Waals surface area contributed by atoms with Crippen LogP contribution in [0.4, 0.5) is 5.82 Å². The van der Waals surface area contributed by atoms with E-state index in [0.29, 0.717) is 52.4 Å². The number of hydrogen-bond donors (Lipinski definition) is 1. The number of hydrogen-bond acceptors (Lipinski definition) is 7. The number of anilines is 1. The SMILES string of the molecule is CCNc1nc2ccc(C)cn2c(=O)c1C=C1SC(=S)N(CCCOC)C1=O. The molecule has 0 saturated carbocycles. The second-order valence-electron chi connectivity index (χ2n) is 6.32. The van der Waals surface area contributed by atoms with Crippen LogP contribution in [0.5, 0.6) is 0 Å². The lowest BCUT2D eigenvalue weighted by Crippen LogP contribution is -2.29. The van der Waals surface area contributed by atoms with Gasteiger partial charge in [-0.1, -0.05) is 30.0 Å². The largest absolute Gasteiger partial charge is 0.385 e. The quantitative estimate of drug-likeness (QED) is 0.421.